The Hall–Kier alpha value is -0.0800. The fourth-order valence-electron chi connectivity index (χ4n) is 5.43. The lowest BCUT2D eigenvalue weighted by atomic mass is 9.72. The minimum absolute atomic E-state index is 1.01. The molecule has 2 fully saturated rings. The van der Waals surface area contributed by atoms with Crippen LogP contribution >= 0.6 is 0 Å². The van der Waals surface area contributed by atoms with Gasteiger partial charge < -0.3 is 9.80 Å². The average Bonchev–Trinajstić information content (AvgIpc) is 2.65. The third-order valence-corrected chi connectivity index (χ3v) is 7.10. The first-order valence-electron chi connectivity index (χ1n) is 11.7. The Bertz CT molecular complexity index is 284. The van der Waals surface area contributed by atoms with Gasteiger partial charge in [-0.2, -0.15) is 0 Å². The molecule has 0 N–H and O–H groups in total. The maximum atomic E-state index is 2.75. The van der Waals surface area contributed by atoms with E-state index < -0.39 is 0 Å². The molecule has 0 unspecified atom stereocenters. The molecule has 0 amide bonds. The van der Waals surface area contributed by atoms with E-state index in [1.807, 2.05) is 0 Å². The molecule has 2 rings (SSSR count). The summed E-state index contributed by atoms with van der Waals surface area (Å²) in [4.78, 5) is 5.49. The minimum Gasteiger partial charge on any atom is -0.303 e. The number of hydrogen-bond acceptors (Lipinski definition) is 2. The van der Waals surface area contributed by atoms with E-state index in [0.29, 0.717) is 0 Å². The van der Waals surface area contributed by atoms with E-state index in [2.05, 4.69) is 30.6 Å². The zero-order valence-corrected chi connectivity index (χ0v) is 17.6. The average molecular weight is 351 g/mol. The summed E-state index contributed by atoms with van der Waals surface area (Å²) >= 11 is 0. The van der Waals surface area contributed by atoms with Gasteiger partial charge in [-0.3, -0.25) is 0 Å². The van der Waals surface area contributed by atoms with Crippen molar-refractivity contribution in [2.75, 3.05) is 39.3 Å². The number of likely N-dealkylation sites (tertiary alicyclic amines) is 2. The molecule has 0 atom stereocenters. The van der Waals surface area contributed by atoms with Crippen molar-refractivity contribution in [1.82, 2.24) is 9.80 Å². The summed E-state index contributed by atoms with van der Waals surface area (Å²) in [6, 6.07) is 0. The molecular formula is C23H46N2. The zero-order chi connectivity index (χ0) is 17.9. The second-order valence-corrected chi connectivity index (χ2v) is 8.84. The highest BCUT2D eigenvalue weighted by molar-refractivity contribution is 4.84. The Morgan fingerprint density at radius 3 is 1.36 bits per heavy atom. The summed E-state index contributed by atoms with van der Waals surface area (Å²) in [5, 5.41) is 0. The maximum absolute atomic E-state index is 2.75. The third-order valence-electron chi connectivity index (χ3n) is 7.10. The van der Waals surface area contributed by atoms with Crippen LogP contribution in [0, 0.1) is 17.8 Å². The molecule has 2 nitrogen and oxygen atoms in total. The fourth-order valence-corrected chi connectivity index (χ4v) is 5.43. The van der Waals surface area contributed by atoms with Crippen LogP contribution in [0.1, 0.15) is 91.4 Å². The van der Waals surface area contributed by atoms with Gasteiger partial charge in [-0.1, -0.05) is 52.9 Å². The van der Waals surface area contributed by atoms with E-state index in [0.717, 1.165) is 17.8 Å². The highest BCUT2D eigenvalue weighted by Crippen LogP contribution is 2.37. The summed E-state index contributed by atoms with van der Waals surface area (Å²) in [7, 11) is 0. The van der Waals surface area contributed by atoms with Crippen molar-refractivity contribution in [1.29, 1.82) is 0 Å². The topological polar surface area (TPSA) is 6.48 Å². The first-order valence-corrected chi connectivity index (χ1v) is 11.7. The van der Waals surface area contributed by atoms with E-state index in [-0.39, 0.29) is 0 Å². The minimum atomic E-state index is 1.01. The summed E-state index contributed by atoms with van der Waals surface area (Å²) in [5.41, 5.74) is 0. The number of unbranched alkanes of at least 4 members (excludes halogenated alkanes) is 4. The standard InChI is InChI=1S/C23H46N2/c1-4-7-9-15-24-17-11-21(12-18-24)23(6-3)22-13-19-25(20-14-22)16-10-8-5-2/h21-23H,4-20H2,1-3H3. The summed E-state index contributed by atoms with van der Waals surface area (Å²) in [6.45, 7) is 15.3. The van der Waals surface area contributed by atoms with Gasteiger partial charge in [-0.25, -0.2) is 0 Å². The molecule has 0 aromatic heterocycles. The number of hydrogen-bond donors (Lipinski definition) is 0. The Labute approximate surface area is 158 Å². The molecule has 0 bridgehead atoms. The van der Waals surface area contributed by atoms with Crippen molar-refractivity contribution in [2.24, 2.45) is 17.8 Å². The molecule has 0 aliphatic carbocycles. The molecule has 148 valence electrons. The number of piperidine rings is 2. The predicted molar refractivity (Wildman–Crippen MR) is 111 cm³/mol. The molecule has 0 spiro atoms. The number of nitrogens with zero attached hydrogens (tertiary/aromatic N) is 2. The van der Waals surface area contributed by atoms with Crippen molar-refractivity contribution in [3.8, 4) is 0 Å². The van der Waals surface area contributed by atoms with Crippen molar-refractivity contribution >= 4 is 0 Å². The quantitative estimate of drug-likeness (QED) is 0.433. The molecular weight excluding hydrogens is 304 g/mol. The Balaban J connectivity index is 1.68. The Morgan fingerprint density at radius 2 is 1.04 bits per heavy atom. The van der Waals surface area contributed by atoms with Crippen LogP contribution in [0.4, 0.5) is 0 Å². The van der Waals surface area contributed by atoms with Gasteiger partial charge in [0.25, 0.3) is 0 Å². The van der Waals surface area contributed by atoms with E-state index in [9.17, 15) is 0 Å². The highest BCUT2D eigenvalue weighted by Gasteiger charge is 2.32. The van der Waals surface area contributed by atoms with Crippen LogP contribution in [0.2, 0.25) is 0 Å². The lowest BCUT2D eigenvalue weighted by Gasteiger charge is -2.42. The van der Waals surface area contributed by atoms with Crippen LogP contribution in [0.3, 0.4) is 0 Å². The van der Waals surface area contributed by atoms with E-state index >= 15 is 0 Å². The van der Waals surface area contributed by atoms with Crippen LogP contribution in [0.25, 0.3) is 0 Å². The summed E-state index contributed by atoms with van der Waals surface area (Å²) in [6.07, 6.45) is 15.7. The van der Waals surface area contributed by atoms with E-state index in [1.165, 1.54) is 110 Å². The lowest BCUT2D eigenvalue weighted by molar-refractivity contribution is 0.0749. The first kappa shape index (κ1) is 21.2. The first-order chi connectivity index (χ1) is 12.3. The van der Waals surface area contributed by atoms with E-state index in [4.69, 9.17) is 0 Å². The second kappa shape index (κ2) is 12.3. The predicted octanol–water partition coefficient (Wildman–Crippen LogP) is 5.82. The Morgan fingerprint density at radius 1 is 0.640 bits per heavy atom. The van der Waals surface area contributed by atoms with Crippen molar-refractivity contribution in [3.63, 3.8) is 0 Å². The molecule has 2 aliphatic rings. The molecule has 0 saturated carbocycles. The van der Waals surface area contributed by atoms with Gasteiger partial charge >= 0.3 is 0 Å². The van der Waals surface area contributed by atoms with Gasteiger partial charge in [-0.15, -0.1) is 0 Å². The third kappa shape index (κ3) is 7.21. The maximum Gasteiger partial charge on any atom is -0.00160 e. The second-order valence-electron chi connectivity index (χ2n) is 8.84. The van der Waals surface area contributed by atoms with Gasteiger partial charge in [0.05, 0.1) is 0 Å². The smallest absolute Gasteiger partial charge is 0.00160 e. The molecule has 2 aliphatic heterocycles. The van der Waals surface area contributed by atoms with Crippen molar-refractivity contribution < 1.29 is 0 Å². The summed E-state index contributed by atoms with van der Waals surface area (Å²) in [5.74, 6) is 3.05. The lowest BCUT2D eigenvalue weighted by Crippen LogP contribution is -2.41. The SMILES string of the molecule is CCCCCN1CCC(C(CC)C2CCN(CCCCC)CC2)CC1. The summed E-state index contributed by atoms with van der Waals surface area (Å²) < 4.78 is 0. The molecule has 0 aromatic carbocycles. The van der Waals surface area contributed by atoms with Crippen LogP contribution in [0.15, 0.2) is 0 Å². The van der Waals surface area contributed by atoms with E-state index in [1.54, 1.807) is 0 Å². The van der Waals surface area contributed by atoms with Crippen LogP contribution in [-0.2, 0) is 0 Å². The van der Waals surface area contributed by atoms with Gasteiger partial charge in [0.1, 0.15) is 0 Å². The molecule has 0 aromatic rings. The fraction of sp³-hybridized carbons (Fsp3) is 1.00. The van der Waals surface area contributed by atoms with Gasteiger partial charge in [-0.05, 0) is 95.5 Å². The largest absolute Gasteiger partial charge is 0.303 e. The van der Waals surface area contributed by atoms with Gasteiger partial charge in [0.15, 0.2) is 0 Å². The van der Waals surface area contributed by atoms with Crippen LogP contribution in [0.5, 0.6) is 0 Å². The molecule has 2 saturated heterocycles. The van der Waals surface area contributed by atoms with Crippen molar-refractivity contribution in [2.45, 2.75) is 91.4 Å². The van der Waals surface area contributed by atoms with Crippen molar-refractivity contribution in [3.05, 3.63) is 0 Å². The zero-order valence-electron chi connectivity index (χ0n) is 17.6. The highest BCUT2D eigenvalue weighted by atomic mass is 15.1. The van der Waals surface area contributed by atoms with Gasteiger partial charge in [0.2, 0.25) is 0 Å². The van der Waals surface area contributed by atoms with Gasteiger partial charge in [0, 0.05) is 0 Å². The normalized spacial score (nSPS) is 22.1. The van der Waals surface area contributed by atoms with Crippen LogP contribution in [-0.4, -0.2) is 49.1 Å². The molecule has 2 heterocycles. The molecule has 25 heavy (non-hydrogen) atoms. The monoisotopic (exact) mass is 350 g/mol. The van der Waals surface area contributed by atoms with Crippen LogP contribution < -0.4 is 0 Å². The Kier molecular flexibility index (Phi) is 10.5. The molecule has 2 heteroatoms. The number of rotatable bonds is 11. The molecule has 0 radical (unpaired) electrons.